The minimum absolute atomic E-state index is 0.0342. The summed E-state index contributed by atoms with van der Waals surface area (Å²) in [5.41, 5.74) is 1.07. The summed E-state index contributed by atoms with van der Waals surface area (Å²) in [6.45, 7) is 6.39. The second-order valence-electron chi connectivity index (χ2n) is 6.54. The number of carbonyl (C=O) groups is 1. The summed E-state index contributed by atoms with van der Waals surface area (Å²) in [7, 11) is 0. The number of hydrogen-bond donors (Lipinski definition) is 3. The van der Waals surface area contributed by atoms with Crippen LogP contribution in [0.25, 0.3) is 0 Å². The van der Waals surface area contributed by atoms with Crippen LogP contribution >= 0.6 is 0 Å². The van der Waals surface area contributed by atoms with Crippen LogP contribution in [0, 0.1) is 0 Å². The van der Waals surface area contributed by atoms with Crippen molar-refractivity contribution in [1.82, 2.24) is 20.5 Å². The van der Waals surface area contributed by atoms with Crippen LogP contribution in [0.15, 0.2) is 18.3 Å². The maximum Gasteiger partial charge on any atom is 0.234 e. The van der Waals surface area contributed by atoms with E-state index in [-0.39, 0.29) is 12.0 Å². The minimum atomic E-state index is -0.204. The van der Waals surface area contributed by atoms with Crippen LogP contribution < -0.4 is 15.5 Å². The van der Waals surface area contributed by atoms with Crippen molar-refractivity contribution in [2.45, 2.75) is 25.5 Å². The first-order valence-electron chi connectivity index (χ1n) is 8.78. The highest BCUT2D eigenvalue weighted by atomic mass is 16.3. The van der Waals surface area contributed by atoms with Gasteiger partial charge in [0.25, 0.3) is 0 Å². The highest BCUT2D eigenvalue weighted by molar-refractivity contribution is 5.78. The van der Waals surface area contributed by atoms with E-state index in [4.69, 9.17) is 0 Å². The second kappa shape index (κ2) is 8.41. The standard InChI is InChI=1S/C17H27N5O2/c23-15-2-7-21(8-3-15)13-17(24)20-12-14-1-4-19-16(11-14)22-9-5-18-6-10-22/h1,4,11,15,18,23H,2-3,5-10,12-13H2,(H,20,24). The molecule has 1 aromatic rings. The molecule has 1 amide bonds. The smallest absolute Gasteiger partial charge is 0.234 e. The van der Waals surface area contributed by atoms with Gasteiger partial charge in [-0.3, -0.25) is 9.69 Å². The zero-order valence-electron chi connectivity index (χ0n) is 14.1. The van der Waals surface area contributed by atoms with E-state index >= 15 is 0 Å². The third kappa shape index (κ3) is 4.90. The monoisotopic (exact) mass is 333 g/mol. The number of carbonyl (C=O) groups excluding carboxylic acids is 1. The van der Waals surface area contributed by atoms with Gasteiger partial charge in [-0.05, 0) is 30.5 Å². The number of nitrogens with one attached hydrogen (secondary N) is 2. The third-order valence-corrected chi connectivity index (χ3v) is 4.66. The van der Waals surface area contributed by atoms with Crippen LogP contribution in [0.3, 0.4) is 0 Å². The zero-order valence-corrected chi connectivity index (χ0v) is 14.1. The Kier molecular flexibility index (Phi) is 6.01. The fourth-order valence-corrected chi connectivity index (χ4v) is 3.17. The normalized spacial score (nSPS) is 20.1. The molecule has 0 aliphatic carbocycles. The molecule has 2 fully saturated rings. The predicted octanol–water partition coefficient (Wildman–Crippen LogP) is -0.436. The molecule has 2 saturated heterocycles. The van der Waals surface area contributed by atoms with Crippen molar-refractivity contribution in [1.29, 1.82) is 0 Å². The van der Waals surface area contributed by atoms with Gasteiger partial charge in [-0.15, -0.1) is 0 Å². The second-order valence-corrected chi connectivity index (χ2v) is 6.54. The maximum atomic E-state index is 12.1. The molecule has 132 valence electrons. The number of piperazine rings is 1. The van der Waals surface area contributed by atoms with E-state index in [1.807, 2.05) is 12.3 Å². The van der Waals surface area contributed by atoms with Gasteiger partial charge in [0.15, 0.2) is 0 Å². The molecule has 0 saturated carbocycles. The Balaban J connectivity index is 1.46. The van der Waals surface area contributed by atoms with Crippen LogP contribution in [-0.4, -0.2) is 72.8 Å². The number of aromatic nitrogens is 1. The molecular weight excluding hydrogens is 306 g/mol. The van der Waals surface area contributed by atoms with Crippen molar-refractivity contribution >= 4 is 11.7 Å². The first-order valence-corrected chi connectivity index (χ1v) is 8.78. The largest absolute Gasteiger partial charge is 0.393 e. The molecule has 7 heteroatoms. The zero-order chi connectivity index (χ0) is 16.8. The molecule has 0 radical (unpaired) electrons. The molecule has 1 aromatic heterocycles. The number of rotatable bonds is 5. The molecule has 3 N–H and O–H groups in total. The third-order valence-electron chi connectivity index (χ3n) is 4.66. The van der Waals surface area contributed by atoms with Crippen LogP contribution in [0.2, 0.25) is 0 Å². The van der Waals surface area contributed by atoms with Crippen LogP contribution in [0.1, 0.15) is 18.4 Å². The van der Waals surface area contributed by atoms with Gasteiger partial charge in [-0.1, -0.05) is 0 Å². The highest BCUT2D eigenvalue weighted by Crippen LogP contribution is 2.13. The van der Waals surface area contributed by atoms with E-state index in [1.54, 1.807) is 0 Å². The van der Waals surface area contributed by atoms with Crippen LogP contribution in [0.5, 0.6) is 0 Å². The number of amides is 1. The van der Waals surface area contributed by atoms with E-state index in [2.05, 4.69) is 31.5 Å². The molecule has 7 nitrogen and oxygen atoms in total. The quantitative estimate of drug-likeness (QED) is 0.678. The molecular formula is C17H27N5O2. The Labute approximate surface area is 143 Å². The molecule has 3 rings (SSSR count). The molecule has 24 heavy (non-hydrogen) atoms. The van der Waals surface area contributed by atoms with Crippen LogP contribution in [0.4, 0.5) is 5.82 Å². The number of pyridine rings is 1. The van der Waals surface area contributed by atoms with E-state index in [1.165, 1.54) is 0 Å². The van der Waals surface area contributed by atoms with E-state index in [0.29, 0.717) is 13.1 Å². The fraction of sp³-hybridized carbons (Fsp3) is 0.647. The van der Waals surface area contributed by atoms with Gasteiger partial charge in [-0.2, -0.15) is 0 Å². The summed E-state index contributed by atoms with van der Waals surface area (Å²) in [6.07, 6.45) is 3.12. The first-order chi connectivity index (χ1) is 11.7. The van der Waals surface area contributed by atoms with Gasteiger partial charge < -0.3 is 20.6 Å². The van der Waals surface area contributed by atoms with Crippen molar-refractivity contribution < 1.29 is 9.90 Å². The molecule has 3 heterocycles. The van der Waals surface area contributed by atoms with Gasteiger partial charge in [0, 0.05) is 52.0 Å². The lowest BCUT2D eigenvalue weighted by Crippen LogP contribution is -2.44. The van der Waals surface area contributed by atoms with Crippen molar-refractivity contribution in [3.8, 4) is 0 Å². The predicted molar refractivity (Wildman–Crippen MR) is 92.8 cm³/mol. The number of anilines is 1. The van der Waals surface area contributed by atoms with Crippen molar-refractivity contribution in [3.05, 3.63) is 23.9 Å². The van der Waals surface area contributed by atoms with Gasteiger partial charge >= 0.3 is 0 Å². The maximum absolute atomic E-state index is 12.1. The molecule has 0 unspecified atom stereocenters. The van der Waals surface area contributed by atoms with Crippen molar-refractivity contribution in [2.75, 3.05) is 50.7 Å². The first kappa shape index (κ1) is 17.1. The summed E-state index contributed by atoms with van der Waals surface area (Å²) in [5, 5.41) is 15.8. The molecule has 2 aliphatic heterocycles. The molecule has 0 atom stereocenters. The Bertz CT molecular complexity index is 540. The number of nitrogens with zero attached hydrogens (tertiary/aromatic N) is 3. The molecule has 0 bridgehead atoms. The fourth-order valence-electron chi connectivity index (χ4n) is 3.17. The summed E-state index contributed by atoms with van der Waals surface area (Å²) in [5.74, 6) is 1.01. The highest BCUT2D eigenvalue weighted by Gasteiger charge is 2.19. The van der Waals surface area contributed by atoms with E-state index < -0.39 is 0 Å². The SMILES string of the molecule is O=C(CN1CCC(O)CC1)NCc1ccnc(N2CCNCC2)c1. The summed E-state index contributed by atoms with van der Waals surface area (Å²) >= 11 is 0. The average Bonchev–Trinajstić information content (AvgIpc) is 2.63. The minimum Gasteiger partial charge on any atom is -0.393 e. The summed E-state index contributed by atoms with van der Waals surface area (Å²) in [4.78, 5) is 20.9. The average molecular weight is 333 g/mol. The molecule has 0 spiro atoms. The Hall–Kier alpha value is -1.70. The number of aliphatic hydroxyl groups excluding tert-OH is 1. The summed E-state index contributed by atoms with van der Waals surface area (Å²) < 4.78 is 0. The Morgan fingerprint density at radius 2 is 2.04 bits per heavy atom. The molecule has 0 aromatic carbocycles. The molecule has 2 aliphatic rings. The topological polar surface area (TPSA) is 80.7 Å². The lowest BCUT2D eigenvalue weighted by Gasteiger charge is -2.29. The summed E-state index contributed by atoms with van der Waals surface area (Å²) in [6, 6.07) is 4.01. The lowest BCUT2D eigenvalue weighted by atomic mass is 10.1. The van der Waals surface area contributed by atoms with E-state index in [9.17, 15) is 9.90 Å². The Morgan fingerprint density at radius 3 is 2.79 bits per heavy atom. The van der Waals surface area contributed by atoms with Gasteiger partial charge in [0.1, 0.15) is 5.82 Å². The number of hydrogen-bond acceptors (Lipinski definition) is 6. The van der Waals surface area contributed by atoms with Gasteiger partial charge in [0.2, 0.25) is 5.91 Å². The van der Waals surface area contributed by atoms with Gasteiger partial charge in [0.05, 0.1) is 12.6 Å². The number of aliphatic hydroxyl groups is 1. The number of likely N-dealkylation sites (tertiary alicyclic amines) is 1. The van der Waals surface area contributed by atoms with Gasteiger partial charge in [-0.25, -0.2) is 4.98 Å². The lowest BCUT2D eigenvalue weighted by molar-refractivity contribution is -0.122. The Morgan fingerprint density at radius 1 is 1.29 bits per heavy atom. The van der Waals surface area contributed by atoms with Crippen molar-refractivity contribution in [2.24, 2.45) is 0 Å². The van der Waals surface area contributed by atoms with Crippen LogP contribution in [-0.2, 0) is 11.3 Å². The van der Waals surface area contributed by atoms with Crippen molar-refractivity contribution in [3.63, 3.8) is 0 Å². The number of piperidine rings is 1. The van der Waals surface area contributed by atoms with E-state index in [0.717, 1.165) is 63.5 Å².